The van der Waals surface area contributed by atoms with E-state index in [1.807, 2.05) is 30.3 Å². The first-order valence-electron chi connectivity index (χ1n) is 6.18. The van der Waals surface area contributed by atoms with Crippen LogP contribution in [0.3, 0.4) is 0 Å². The van der Waals surface area contributed by atoms with E-state index < -0.39 is 15.9 Å². The van der Waals surface area contributed by atoms with Gasteiger partial charge in [-0.05, 0) is 23.8 Å². The van der Waals surface area contributed by atoms with Gasteiger partial charge in [-0.25, -0.2) is 0 Å². The highest BCUT2D eigenvalue weighted by atomic mass is 32.2. The normalized spacial score (nSPS) is 11.1. The van der Waals surface area contributed by atoms with Crippen LogP contribution in [-0.2, 0) is 22.5 Å². The zero-order chi connectivity index (χ0) is 15.3. The van der Waals surface area contributed by atoms with E-state index in [4.69, 9.17) is 9.29 Å². The Labute approximate surface area is 122 Å². The molecule has 5 nitrogen and oxygen atoms in total. The van der Waals surface area contributed by atoms with Crippen molar-refractivity contribution in [3.8, 4) is 5.75 Å². The lowest BCUT2D eigenvalue weighted by Gasteiger charge is -2.11. The molecule has 1 N–H and O–H groups in total. The smallest absolute Gasteiger partial charge is 0.269 e. The Bertz CT molecular complexity index is 723. The third-order valence-electron chi connectivity index (χ3n) is 2.80. The van der Waals surface area contributed by atoms with Gasteiger partial charge in [0.1, 0.15) is 24.4 Å². The third-order valence-corrected chi connectivity index (χ3v) is 3.47. The molecular weight excluding hydrogens is 292 g/mol. The minimum Gasteiger partial charge on any atom is -0.489 e. The van der Waals surface area contributed by atoms with Crippen molar-refractivity contribution in [2.24, 2.45) is 0 Å². The van der Waals surface area contributed by atoms with Crippen molar-refractivity contribution >= 4 is 16.4 Å². The highest BCUT2D eigenvalue weighted by Gasteiger charge is 2.13. The first-order chi connectivity index (χ1) is 9.98. The Morgan fingerprint density at radius 1 is 1.10 bits per heavy atom. The number of benzene rings is 2. The second kappa shape index (κ2) is 6.51. The molecule has 0 amide bonds. The van der Waals surface area contributed by atoms with Crippen molar-refractivity contribution in [2.45, 2.75) is 12.4 Å². The van der Waals surface area contributed by atoms with E-state index in [9.17, 15) is 13.2 Å². The molecule has 0 aliphatic heterocycles. The maximum atomic E-state index is 11.0. The first-order valence-corrected chi connectivity index (χ1v) is 7.79. The van der Waals surface area contributed by atoms with Crippen LogP contribution in [0.5, 0.6) is 5.75 Å². The molecule has 0 aromatic heterocycles. The summed E-state index contributed by atoms with van der Waals surface area (Å²) in [5.74, 6) is -0.277. The largest absolute Gasteiger partial charge is 0.489 e. The van der Waals surface area contributed by atoms with Crippen LogP contribution in [-0.4, -0.2) is 19.3 Å². The van der Waals surface area contributed by atoms with Crippen molar-refractivity contribution in [2.75, 3.05) is 0 Å². The highest BCUT2D eigenvalue weighted by molar-refractivity contribution is 7.85. The molecule has 110 valence electrons. The highest BCUT2D eigenvalue weighted by Crippen LogP contribution is 2.23. The molecule has 0 atom stereocenters. The van der Waals surface area contributed by atoms with Crippen molar-refractivity contribution in [3.63, 3.8) is 0 Å². The van der Waals surface area contributed by atoms with E-state index in [1.165, 1.54) is 18.2 Å². The summed E-state index contributed by atoms with van der Waals surface area (Å²) in [4.78, 5) is 10.8. The molecule has 0 saturated heterocycles. The standard InChI is InChI=1S/C15H14O5S/c16-9-13-6-7-15(14(8-13)11-21(17,18)19)20-10-12-4-2-1-3-5-12/h1-9H,10-11H2,(H,17,18,19). The molecule has 0 aliphatic rings. The zero-order valence-electron chi connectivity index (χ0n) is 11.1. The van der Waals surface area contributed by atoms with Gasteiger partial charge in [0.25, 0.3) is 10.1 Å². The number of hydrogen-bond acceptors (Lipinski definition) is 4. The van der Waals surface area contributed by atoms with Gasteiger partial charge in [-0.15, -0.1) is 0 Å². The van der Waals surface area contributed by atoms with Gasteiger partial charge in [0.15, 0.2) is 0 Å². The summed E-state index contributed by atoms with van der Waals surface area (Å²) in [5.41, 5.74) is 1.49. The minimum absolute atomic E-state index is 0.248. The predicted molar refractivity (Wildman–Crippen MR) is 77.9 cm³/mol. The summed E-state index contributed by atoms with van der Waals surface area (Å²) in [6.07, 6.45) is 0.606. The predicted octanol–water partition coefficient (Wildman–Crippen LogP) is 2.47. The molecule has 2 aromatic rings. The molecule has 0 saturated carbocycles. The molecule has 0 spiro atoms. The average Bonchev–Trinajstić information content (AvgIpc) is 2.45. The van der Waals surface area contributed by atoms with Crippen LogP contribution < -0.4 is 4.74 Å². The topological polar surface area (TPSA) is 80.7 Å². The van der Waals surface area contributed by atoms with Crippen LogP contribution in [0.15, 0.2) is 48.5 Å². The minimum atomic E-state index is -4.20. The van der Waals surface area contributed by atoms with Crippen molar-refractivity contribution in [1.29, 1.82) is 0 Å². The number of carbonyl (C=O) groups excluding carboxylic acids is 1. The van der Waals surface area contributed by atoms with Gasteiger partial charge in [-0.1, -0.05) is 30.3 Å². The SMILES string of the molecule is O=Cc1ccc(OCc2ccccc2)c(CS(=O)(=O)O)c1. The molecule has 0 unspecified atom stereocenters. The fourth-order valence-corrected chi connectivity index (χ4v) is 2.48. The summed E-state index contributed by atoms with van der Waals surface area (Å²) in [6, 6.07) is 13.8. The van der Waals surface area contributed by atoms with E-state index in [-0.39, 0.29) is 12.2 Å². The van der Waals surface area contributed by atoms with Gasteiger partial charge < -0.3 is 4.74 Å². The summed E-state index contributed by atoms with van der Waals surface area (Å²) in [7, 11) is -4.20. The van der Waals surface area contributed by atoms with Crippen molar-refractivity contribution < 1.29 is 22.5 Å². The number of rotatable bonds is 6. The van der Waals surface area contributed by atoms with Gasteiger partial charge in [0, 0.05) is 11.1 Å². The van der Waals surface area contributed by atoms with Gasteiger partial charge >= 0.3 is 0 Å². The van der Waals surface area contributed by atoms with Gasteiger partial charge in [-0.2, -0.15) is 8.42 Å². The Hall–Kier alpha value is -2.18. The summed E-state index contributed by atoms with van der Waals surface area (Å²) < 4.78 is 36.6. The molecule has 0 bridgehead atoms. The van der Waals surface area contributed by atoms with Crippen LogP contribution in [0.1, 0.15) is 21.5 Å². The van der Waals surface area contributed by atoms with Crippen LogP contribution in [0.25, 0.3) is 0 Å². The second-order valence-electron chi connectivity index (χ2n) is 4.49. The van der Waals surface area contributed by atoms with E-state index in [0.717, 1.165) is 5.56 Å². The Balaban J connectivity index is 2.23. The summed E-state index contributed by atoms with van der Waals surface area (Å²) in [6.45, 7) is 0.264. The number of hydrogen-bond donors (Lipinski definition) is 1. The van der Waals surface area contributed by atoms with Crippen LogP contribution in [0.4, 0.5) is 0 Å². The Kier molecular flexibility index (Phi) is 4.72. The third kappa shape index (κ3) is 4.70. The van der Waals surface area contributed by atoms with E-state index in [1.54, 1.807) is 0 Å². The molecule has 0 aliphatic carbocycles. The number of aldehydes is 1. The van der Waals surface area contributed by atoms with Gasteiger partial charge in [-0.3, -0.25) is 9.35 Å². The molecule has 21 heavy (non-hydrogen) atoms. The number of ether oxygens (including phenoxy) is 1. The molecule has 0 radical (unpaired) electrons. The lowest BCUT2D eigenvalue weighted by Crippen LogP contribution is -2.05. The maximum absolute atomic E-state index is 11.0. The molecule has 2 aromatic carbocycles. The Morgan fingerprint density at radius 3 is 2.43 bits per heavy atom. The van der Waals surface area contributed by atoms with Crippen LogP contribution in [0, 0.1) is 0 Å². The van der Waals surface area contributed by atoms with Crippen molar-refractivity contribution in [1.82, 2.24) is 0 Å². The molecule has 6 heteroatoms. The van der Waals surface area contributed by atoms with Gasteiger partial charge in [0.2, 0.25) is 0 Å². The molecule has 0 heterocycles. The van der Waals surface area contributed by atoms with Crippen LogP contribution in [0.2, 0.25) is 0 Å². The molecular formula is C15H14O5S. The average molecular weight is 306 g/mol. The fourth-order valence-electron chi connectivity index (χ4n) is 1.86. The quantitative estimate of drug-likeness (QED) is 0.655. The van der Waals surface area contributed by atoms with Gasteiger partial charge in [0.05, 0.1) is 0 Å². The number of carbonyl (C=O) groups is 1. The monoisotopic (exact) mass is 306 g/mol. The summed E-state index contributed by atoms with van der Waals surface area (Å²) in [5, 5.41) is 0. The van der Waals surface area contributed by atoms with Crippen molar-refractivity contribution in [3.05, 3.63) is 65.2 Å². The lowest BCUT2D eigenvalue weighted by atomic mass is 10.1. The molecule has 0 fully saturated rings. The maximum Gasteiger partial charge on any atom is 0.269 e. The van der Waals surface area contributed by atoms with E-state index >= 15 is 0 Å². The lowest BCUT2D eigenvalue weighted by molar-refractivity contribution is 0.112. The summed E-state index contributed by atoms with van der Waals surface area (Å²) >= 11 is 0. The van der Waals surface area contributed by atoms with E-state index in [0.29, 0.717) is 17.6 Å². The second-order valence-corrected chi connectivity index (χ2v) is 5.94. The Morgan fingerprint density at radius 2 is 1.81 bits per heavy atom. The fraction of sp³-hybridized carbons (Fsp3) is 0.133. The zero-order valence-corrected chi connectivity index (χ0v) is 11.9. The first kappa shape index (κ1) is 15.2. The van der Waals surface area contributed by atoms with Crippen LogP contribution >= 0.6 is 0 Å². The van der Waals surface area contributed by atoms with E-state index in [2.05, 4.69) is 0 Å². The molecule has 2 rings (SSSR count).